The number of fused-ring (bicyclic) bond motifs is 1. The lowest BCUT2D eigenvalue weighted by Crippen LogP contribution is -2.43. The van der Waals surface area contributed by atoms with E-state index in [0.717, 1.165) is 4.57 Å². The number of rotatable bonds is 10. The fourth-order valence-electron chi connectivity index (χ4n) is 5.20. The van der Waals surface area contributed by atoms with Gasteiger partial charge in [0.2, 0.25) is 5.95 Å². The number of halogens is 4. The number of nitrogens with two attached hydrogens (primary N) is 1. The van der Waals surface area contributed by atoms with Crippen LogP contribution < -0.4 is 22.4 Å². The Balaban J connectivity index is 1.42. The summed E-state index contributed by atoms with van der Waals surface area (Å²) in [6.45, 7) is -1.20. The molecule has 0 amide bonds. The number of aromatic nitrogens is 8. The number of nitrogens with zero attached hydrogens (tertiary/aromatic N) is 8. The molecule has 0 aliphatic carbocycles. The molecule has 246 valence electrons. The molecule has 0 fully saturated rings. The SMILES string of the molecule is Cn1cc2c(CN)c(Nc3nc(=O)n(Cc4ncn(Cc5ccccc5C(=O)O)n4)c(=O)n3Cc3cc(F)c(F)cc3F)c(Cl)cc2n1. The van der Waals surface area contributed by atoms with Gasteiger partial charge in [-0.2, -0.15) is 15.2 Å². The van der Waals surface area contributed by atoms with Crippen molar-refractivity contribution < 1.29 is 23.1 Å². The summed E-state index contributed by atoms with van der Waals surface area (Å²) in [6.07, 6.45) is 2.99. The van der Waals surface area contributed by atoms with Gasteiger partial charge in [-0.1, -0.05) is 29.8 Å². The maximum absolute atomic E-state index is 14.8. The van der Waals surface area contributed by atoms with Crippen molar-refractivity contribution in [1.82, 2.24) is 38.7 Å². The van der Waals surface area contributed by atoms with Crippen LogP contribution in [0.5, 0.6) is 0 Å². The lowest BCUT2D eigenvalue weighted by molar-refractivity contribution is 0.0695. The molecule has 0 atom stereocenters. The molecule has 6 aromatic rings. The van der Waals surface area contributed by atoms with Crippen LogP contribution in [0.15, 0.2) is 64.6 Å². The van der Waals surface area contributed by atoms with Crippen LogP contribution in [-0.2, 0) is 33.2 Å². The second-order valence-electron chi connectivity index (χ2n) is 10.6. The Kier molecular flexibility index (Phi) is 8.55. The first-order valence-electron chi connectivity index (χ1n) is 14.1. The summed E-state index contributed by atoms with van der Waals surface area (Å²) in [7, 11) is 1.70. The van der Waals surface area contributed by atoms with Crippen molar-refractivity contribution in [2.45, 2.75) is 26.2 Å². The fraction of sp³-hybridized carbons (Fsp3) is 0.167. The van der Waals surface area contributed by atoms with E-state index in [9.17, 15) is 32.7 Å². The van der Waals surface area contributed by atoms with Gasteiger partial charge in [0, 0.05) is 42.4 Å². The summed E-state index contributed by atoms with van der Waals surface area (Å²) >= 11 is 6.56. The highest BCUT2D eigenvalue weighted by Crippen LogP contribution is 2.34. The minimum absolute atomic E-state index is 0.00874. The lowest BCUT2D eigenvalue weighted by Gasteiger charge is -2.18. The van der Waals surface area contributed by atoms with Gasteiger partial charge in [-0.15, -0.1) is 0 Å². The maximum Gasteiger partial charge on any atom is 0.355 e. The van der Waals surface area contributed by atoms with Crippen LogP contribution in [0.1, 0.15) is 32.9 Å². The van der Waals surface area contributed by atoms with Crippen LogP contribution in [-0.4, -0.2) is 49.7 Å². The number of benzene rings is 3. The van der Waals surface area contributed by atoms with Crippen molar-refractivity contribution in [3.8, 4) is 0 Å². The molecule has 0 saturated heterocycles. The molecule has 0 saturated carbocycles. The van der Waals surface area contributed by atoms with Gasteiger partial charge in [0.25, 0.3) is 0 Å². The summed E-state index contributed by atoms with van der Waals surface area (Å²) in [6, 6.07) is 8.75. The summed E-state index contributed by atoms with van der Waals surface area (Å²) in [5.41, 5.74) is 5.22. The Hall–Kier alpha value is -5.81. The third-order valence-corrected chi connectivity index (χ3v) is 7.76. The standard InChI is InChI=1S/C30H24ClF3N10O4/c1-41-12-19-18(9-35)26(20(31)7-24(19)39-41)37-28-38-29(47)44(30(48)43(28)11-16-6-22(33)23(34)8-21(16)32)13-25-36-14-42(40-25)10-15-4-2-3-5-17(15)27(45)46/h2-8,12,14H,9-11,13,35H2,1H3,(H,45,46)(H,37,38,47). The highest BCUT2D eigenvalue weighted by molar-refractivity contribution is 6.34. The predicted octanol–water partition coefficient (Wildman–Crippen LogP) is 3.00. The van der Waals surface area contributed by atoms with Gasteiger partial charge in [0.15, 0.2) is 17.5 Å². The number of hydrogen-bond donors (Lipinski definition) is 3. The molecular weight excluding hydrogens is 657 g/mol. The number of carboxylic acids is 1. The highest BCUT2D eigenvalue weighted by atomic mass is 35.5. The van der Waals surface area contributed by atoms with E-state index in [2.05, 4.69) is 25.5 Å². The quantitative estimate of drug-likeness (QED) is 0.182. The zero-order chi connectivity index (χ0) is 34.3. The maximum atomic E-state index is 14.8. The molecule has 18 heteroatoms. The predicted molar refractivity (Wildman–Crippen MR) is 167 cm³/mol. The van der Waals surface area contributed by atoms with E-state index in [1.807, 2.05) is 0 Å². The highest BCUT2D eigenvalue weighted by Gasteiger charge is 2.22. The molecular formula is C30H24ClF3N10O4. The molecule has 3 heterocycles. The molecule has 6 rings (SSSR count). The summed E-state index contributed by atoms with van der Waals surface area (Å²) < 4.78 is 47.1. The molecule has 0 aliphatic heterocycles. The second-order valence-corrected chi connectivity index (χ2v) is 11.0. The summed E-state index contributed by atoms with van der Waals surface area (Å²) in [5.74, 6) is -5.47. The number of nitrogens with one attached hydrogen (secondary N) is 1. The third kappa shape index (κ3) is 6.15. The van der Waals surface area contributed by atoms with E-state index in [4.69, 9.17) is 17.3 Å². The number of hydrogen-bond acceptors (Lipinski definition) is 9. The minimum atomic E-state index is -1.43. The Morgan fingerprint density at radius 3 is 2.48 bits per heavy atom. The Morgan fingerprint density at radius 1 is 0.979 bits per heavy atom. The first-order valence-corrected chi connectivity index (χ1v) is 14.5. The number of anilines is 2. The van der Waals surface area contributed by atoms with E-state index in [0.29, 0.717) is 38.7 Å². The van der Waals surface area contributed by atoms with Crippen LogP contribution in [0.25, 0.3) is 10.9 Å². The van der Waals surface area contributed by atoms with E-state index in [1.54, 1.807) is 36.1 Å². The number of carbonyl (C=O) groups is 1. The Labute approximate surface area is 272 Å². The minimum Gasteiger partial charge on any atom is -0.478 e. The average molecular weight is 681 g/mol. The van der Waals surface area contributed by atoms with E-state index < -0.39 is 59.4 Å². The lowest BCUT2D eigenvalue weighted by atomic mass is 10.1. The zero-order valence-electron chi connectivity index (χ0n) is 24.9. The van der Waals surface area contributed by atoms with E-state index >= 15 is 0 Å². The van der Waals surface area contributed by atoms with Gasteiger partial charge in [0.1, 0.15) is 12.1 Å². The topological polar surface area (TPSA) is 181 Å². The molecule has 0 radical (unpaired) electrons. The Morgan fingerprint density at radius 2 is 1.73 bits per heavy atom. The van der Waals surface area contributed by atoms with Gasteiger partial charge in [-0.3, -0.25) is 9.25 Å². The molecule has 14 nitrogen and oxygen atoms in total. The van der Waals surface area contributed by atoms with Crippen molar-refractivity contribution in [2.24, 2.45) is 12.8 Å². The van der Waals surface area contributed by atoms with Gasteiger partial charge in [-0.05, 0) is 23.8 Å². The molecule has 0 spiro atoms. The van der Waals surface area contributed by atoms with Gasteiger partial charge in [0.05, 0.1) is 41.4 Å². The molecule has 0 bridgehead atoms. The number of aromatic carboxylic acids is 1. The Bertz CT molecular complexity index is 2350. The van der Waals surface area contributed by atoms with Gasteiger partial charge < -0.3 is 16.2 Å². The van der Waals surface area contributed by atoms with Crippen molar-refractivity contribution in [3.05, 3.63) is 127 Å². The van der Waals surface area contributed by atoms with Crippen LogP contribution in [0.2, 0.25) is 5.02 Å². The molecule has 3 aromatic heterocycles. The van der Waals surface area contributed by atoms with Crippen LogP contribution in [0.3, 0.4) is 0 Å². The van der Waals surface area contributed by atoms with Crippen molar-refractivity contribution in [2.75, 3.05) is 5.32 Å². The van der Waals surface area contributed by atoms with Crippen LogP contribution in [0, 0.1) is 17.5 Å². The van der Waals surface area contributed by atoms with Crippen LogP contribution in [0.4, 0.5) is 24.8 Å². The normalized spacial score (nSPS) is 11.4. The van der Waals surface area contributed by atoms with Crippen molar-refractivity contribution in [1.29, 1.82) is 0 Å². The van der Waals surface area contributed by atoms with E-state index in [-0.39, 0.29) is 35.2 Å². The summed E-state index contributed by atoms with van der Waals surface area (Å²) in [4.78, 5) is 47.0. The zero-order valence-corrected chi connectivity index (χ0v) is 25.6. The second kappa shape index (κ2) is 12.8. The third-order valence-electron chi connectivity index (χ3n) is 7.46. The first kappa shape index (κ1) is 32.1. The molecule has 48 heavy (non-hydrogen) atoms. The molecule has 0 aliphatic rings. The largest absolute Gasteiger partial charge is 0.478 e. The van der Waals surface area contributed by atoms with Crippen molar-refractivity contribution in [3.63, 3.8) is 0 Å². The summed E-state index contributed by atoms with van der Waals surface area (Å²) in [5, 5.41) is 21.7. The first-order chi connectivity index (χ1) is 22.9. The smallest absolute Gasteiger partial charge is 0.355 e. The monoisotopic (exact) mass is 680 g/mol. The number of aryl methyl sites for hydroxylation is 1. The van der Waals surface area contributed by atoms with Crippen molar-refractivity contribution >= 4 is 40.1 Å². The molecule has 4 N–H and O–H groups in total. The molecule has 3 aromatic carbocycles. The van der Waals surface area contributed by atoms with E-state index in [1.165, 1.54) is 23.1 Å². The van der Waals surface area contributed by atoms with Gasteiger partial charge >= 0.3 is 17.3 Å². The number of carboxylic acid groups (broad SMARTS) is 1. The average Bonchev–Trinajstić information content (AvgIpc) is 3.64. The molecule has 0 unspecified atom stereocenters. The van der Waals surface area contributed by atoms with Gasteiger partial charge in [-0.25, -0.2) is 41.8 Å². The fourth-order valence-corrected chi connectivity index (χ4v) is 5.46. The van der Waals surface area contributed by atoms with Crippen LogP contribution >= 0.6 is 11.6 Å².